The van der Waals surface area contributed by atoms with E-state index in [0.29, 0.717) is 18.8 Å². The molecule has 82 valence electrons. The number of aliphatic hydroxyl groups is 2. The number of aliphatic carboxylic acids is 1. The zero-order valence-electron chi connectivity index (χ0n) is 7.77. The van der Waals surface area contributed by atoms with Gasteiger partial charge in [0.15, 0.2) is 0 Å². The summed E-state index contributed by atoms with van der Waals surface area (Å²) >= 11 is 1.42. The molecule has 4 N–H and O–H groups in total. The van der Waals surface area contributed by atoms with Gasteiger partial charge in [0.1, 0.15) is 0 Å². The van der Waals surface area contributed by atoms with Crippen molar-refractivity contribution < 1.29 is 20.1 Å². The van der Waals surface area contributed by atoms with E-state index >= 15 is 0 Å². The lowest BCUT2D eigenvalue weighted by atomic mass is 9.98. The number of thioether (sulfide) groups is 1. The van der Waals surface area contributed by atoms with Gasteiger partial charge in [-0.2, -0.15) is 0 Å². The summed E-state index contributed by atoms with van der Waals surface area (Å²) in [6.45, 7) is 1.04. The summed E-state index contributed by atoms with van der Waals surface area (Å²) in [6, 6.07) is 0. The fourth-order valence-corrected chi connectivity index (χ4v) is 2.57. The van der Waals surface area contributed by atoms with Gasteiger partial charge in [-0.05, 0) is 0 Å². The van der Waals surface area contributed by atoms with Crippen LogP contribution in [0.4, 0.5) is 0 Å². The van der Waals surface area contributed by atoms with Crippen molar-refractivity contribution in [3.05, 3.63) is 0 Å². The van der Waals surface area contributed by atoms with E-state index in [0.717, 1.165) is 0 Å². The van der Waals surface area contributed by atoms with Crippen molar-refractivity contribution in [2.24, 2.45) is 0 Å². The Morgan fingerprint density at radius 3 is 2.57 bits per heavy atom. The van der Waals surface area contributed by atoms with Crippen molar-refractivity contribution in [2.45, 2.75) is 17.3 Å². The highest BCUT2D eigenvalue weighted by Crippen LogP contribution is 2.33. The molecule has 5 nitrogen and oxygen atoms in total. The highest BCUT2D eigenvalue weighted by Gasteiger charge is 2.39. The quantitative estimate of drug-likeness (QED) is 0.455. The number of carboxylic acids is 1. The summed E-state index contributed by atoms with van der Waals surface area (Å²) in [4.78, 5) is 10.6. The third-order valence-electron chi connectivity index (χ3n) is 2.16. The lowest BCUT2D eigenvalue weighted by Gasteiger charge is -2.41. The van der Waals surface area contributed by atoms with E-state index in [-0.39, 0.29) is 17.8 Å². The minimum absolute atomic E-state index is 0.100. The van der Waals surface area contributed by atoms with E-state index in [1.165, 1.54) is 11.8 Å². The molecule has 1 heterocycles. The summed E-state index contributed by atoms with van der Waals surface area (Å²) in [7, 11) is 0. The molecule has 1 saturated heterocycles. The van der Waals surface area contributed by atoms with Gasteiger partial charge in [0.25, 0.3) is 0 Å². The Balaban J connectivity index is 2.34. The van der Waals surface area contributed by atoms with Gasteiger partial charge in [-0.25, -0.2) is 0 Å². The van der Waals surface area contributed by atoms with Crippen LogP contribution in [-0.2, 0) is 4.79 Å². The SMILES string of the molecule is O=C(O)CC1(SCC(O)CO)CNC1. The first-order valence-corrected chi connectivity index (χ1v) is 5.42. The highest BCUT2D eigenvalue weighted by molar-refractivity contribution is 8.00. The Labute approximate surface area is 86.5 Å². The standard InChI is InChI=1S/C8H15NO4S/c10-2-6(11)3-14-8(1-7(12)13)4-9-5-8/h6,9-11H,1-5H2,(H,12,13). The predicted molar refractivity (Wildman–Crippen MR) is 53.4 cm³/mol. The second-order valence-electron chi connectivity index (χ2n) is 3.50. The van der Waals surface area contributed by atoms with E-state index in [1.807, 2.05) is 0 Å². The van der Waals surface area contributed by atoms with Gasteiger partial charge in [-0.3, -0.25) is 4.79 Å². The topological polar surface area (TPSA) is 89.8 Å². The molecule has 6 heteroatoms. The number of aliphatic hydroxyl groups excluding tert-OH is 2. The second kappa shape index (κ2) is 4.97. The molecule has 1 aliphatic heterocycles. The molecule has 1 fully saturated rings. The molecular formula is C8H15NO4S. The van der Waals surface area contributed by atoms with Crippen molar-refractivity contribution in [3.63, 3.8) is 0 Å². The summed E-state index contributed by atoms with van der Waals surface area (Å²) in [5.74, 6) is -0.441. The molecule has 14 heavy (non-hydrogen) atoms. The van der Waals surface area contributed by atoms with Crippen molar-refractivity contribution >= 4 is 17.7 Å². The van der Waals surface area contributed by atoms with Gasteiger partial charge in [-0.1, -0.05) is 0 Å². The Bertz CT molecular complexity index is 208. The second-order valence-corrected chi connectivity index (χ2v) is 4.99. The third-order valence-corrected chi connectivity index (χ3v) is 3.76. The van der Waals surface area contributed by atoms with Crippen molar-refractivity contribution in [1.29, 1.82) is 0 Å². The van der Waals surface area contributed by atoms with Crippen LogP contribution in [0.5, 0.6) is 0 Å². The van der Waals surface area contributed by atoms with Crippen LogP contribution in [0.3, 0.4) is 0 Å². The van der Waals surface area contributed by atoms with Gasteiger partial charge in [0.2, 0.25) is 0 Å². The fraction of sp³-hybridized carbons (Fsp3) is 0.875. The van der Waals surface area contributed by atoms with Crippen molar-refractivity contribution in [1.82, 2.24) is 5.32 Å². The molecular weight excluding hydrogens is 206 g/mol. The first-order valence-electron chi connectivity index (χ1n) is 4.43. The van der Waals surface area contributed by atoms with Crippen LogP contribution in [0, 0.1) is 0 Å². The molecule has 1 rings (SSSR count). The van der Waals surface area contributed by atoms with Gasteiger partial charge in [0, 0.05) is 18.8 Å². The largest absolute Gasteiger partial charge is 0.481 e. The Morgan fingerprint density at radius 1 is 1.57 bits per heavy atom. The molecule has 0 bridgehead atoms. The smallest absolute Gasteiger partial charge is 0.304 e. The van der Waals surface area contributed by atoms with Crippen LogP contribution in [0.2, 0.25) is 0 Å². The molecule has 0 aromatic carbocycles. The number of carbonyl (C=O) groups is 1. The van der Waals surface area contributed by atoms with E-state index in [2.05, 4.69) is 5.32 Å². The van der Waals surface area contributed by atoms with Crippen LogP contribution in [-0.4, -0.2) is 57.6 Å². The van der Waals surface area contributed by atoms with Crippen LogP contribution in [0.15, 0.2) is 0 Å². The van der Waals surface area contributed by atoms with Crippen LogP contribution < -0.4 is 5.32 Å². The molecule has 1 aliphatic rings. The average molecular weight is 221 g/mol. The van der Waals surface area contributed by atoms with E-state index in [9.17, 15) is 4.79 Å². The maximum Gasteiger partial charge on any atom is 0.304 e. The van der Waals surface area contributed by atoms with Gasteiger partial charge in [-0.15, -0.1) is 11.8 Å². The Kier molecular flexibility index (Phi) is 4.18. The zero-order chi connectivity index (χ0) is 10.6. The number of rotatable bonds is 6. The third kappa shape index (κ3) is 3.13. The first-order chi connectivity index (χ1) is 6.58. The molecule has 0 saturated carbocycles. The highest BCUT2D eigenvalue weighted by atomic mass is 32.2. The first kappa shape index (κ1) is 11.8. The fourth-order valence-electron chi connectivity index (χ4n) is 1.28. The minimum Gasteiger partial charge on any atom is -0.481 e. The molecule has 0 aromatic heterocycles. The summed E-state index contributed by atoms with van der Waals surface area (Å²) < 4.78 is -0.290. The molecule has 1 unspecified atom stereocenters. The lowest BCUT2D eigenvalue weighted by Crippen LogP contribution is -2.58. The molecule has 0 aromatic rings. The van der Waals surface area contributed by atoms with Crippen LogP contribution in [0.25, 0.3) is 0 Å². The molecule has 0 aliphatic carbocycles. The Morgan fingerprint density at radius 2 is 2.21 bits per heavy atom. The number of hydrogen-bond donors (Lipinski definition) is 4. The minimum atomic E-state index is -0.822. The van der Waals surface area contributed by atoms with E-state index in [4.69, 9.17) is 15.3 Å². The molecule has 0 amide bonds. The molecule has 0 radical (unpaired) electrons. The monoisotopic (exact) mass is 221 g/mol. The molecule has 1 atom stereocenters. The summed E-state index contributed by atoms with van der Waals surface area (Å²) in [5.41, 5.74) is 0. The average Bonchev–Trinajstić information content (AvgIpc) is 2.08. The predicted octanol–water partition coefficient (Wildman–Crippen LogP) is -1.11. The van der Waals surface area contributed by atoms with Gasteiger partial charge >= 0.3 is 5.97 Å². The zero-order valence-corrected chi connectivity index (χ0v) is 8.59. The normalized spacial score (nSPS) is 21.3. The number of carboxylic acid groups (broad SMARTS) is 1. The maximum absolute atomic E-state index is 10.6. The Hall–Kier alpha value is -0.300. The maximum atomic E-state index is 10.6. The van der Waals surface area contributed by atoms with Crippen molar-refractivity contribution in [3.8, 4) is 0 Å². The van der Waals surface area contributed by atoms with Crippen molar-refractivity contribution in [2.75, 3.05) is 25.4 Å². The van der Waals surface area contributed by atoms with Crippen LogP contribution in [0.1, 0.15) is 6.42 Å². The number of hydrogen-bond acceptors (Lipinski definition) is 5. The lowest BCUT2D eigenvalue weighted by molar-refractivity contribution is -0.138. The van der Waals surface area contributed by atoms with Gasteiger partial charge < -0.3 is 20.6 Å². The molecule has 0 spiro atoms. The van der Waals surface area contributed by atoms with E-state index < -0.39 is 12.1 Å². The van der Waals surface area contributed by atoms with Crippen LogP contribution >= 0.6 is 11.8 Å². The van der Waals surface area contributed by atoms with E-state index in [1.54, 1.807) is 0 Å². The summed E-state index contributed by atoms with van der Waals surface area (Å²) in [6.07, 6.45) is -0.658. The number of nitrogens with one attached hydrogen (secondary N) is 1. The van der Waals surface area contributed by atoms with Gasteiger partial charge in [0.05, 0.1) is 23.9 Å². The summed E-state index contributed by atoms with van der Waals surface area (Å²) in [5, 5.41) is 29.4.